The SMILES string of the molecule is COc1ccc(Nc2ccc3c4c(cccc24)C(=O)N(C)C3=O)cc1Cl. The molecule has 4 rings (SSSR count). The maximum absolute atomic E-state index is 12.5. The predicted molar refractivity (Wildman–Crippen MR) is 102 cm³/mol. The normalized spacial score (nSPS) is 13.3. The third kappa shape index (κ3) is 2.40. The van der Waals surface area contributed by atoms with E-state index in [4.69, 9.17) is 16.3 Å². The van der Waals surface area contributed by atoms with Gasteiger partial charge in [0, 0.05) is 40.3 Å². The third-order valence-corrected chi connectivity index (χ3v) is 4.84. The van der Waals surface area contributed by atoms with Gasteiger partial charge in [0.25, 0.3) is 11.8 Å². The van der Waals surface area contributed by atoms with Crippen molar-refractivity contribution >= 4 is 45.6 Å². The molecule has 5 nitrogen and oxygen atoms in total. The standard InChI is InChI=1S/C20H15ClN2O3/c1-23-19(24)13-5-3-4-12-16(8-7-14(18(12)13)20(23)25)22-11-6-9-17(26-2)15(21)10-11/h3-10,22H,1-2H3. The Bertz CT molecular complexity index is 1060. The highest BCUT2D eigenvalue weighted by Gasteiger charge is 2.30. The number of nitrogens with zero attached hydrogens (tertiary/aromatic N) is 1. The number of carbonyl (C=O) groups is 2. The molecule has 1 aliphatic heterocycles. The molecule has 0 bridgehead atoms. The van der Waals surface area contributed by atoms with Crippen LogP contribution in [0.4, 0.5) is 11.4 Å². The first kappa shape index (κ1) is 16.4. The van der Waals surface area contributed by atoms with Crippen molar-refractivity contribution in [2.24, 2.45) is 0 Å². The van der Waals surface area contributed by atoms with Crippen LogP contribution >= 0.6 is 11.6 Å². The molecule has 0 unspecified atom stereocenters. The van der Waals surface area contributed by atoms with Crippen molar-refractivity contribution in [3.05, 3.63) is 64.7 Å². The Morgan fingerprint density at radius 1 is 1.00 bits per heavy atom. The molecule has 130 valence electrons. The first-order chi connectivity index (χ1) is 12.5. The van der Waals surface area contributed by atoms with Crippen molar-refractivity contribution < 1.29 is 14.3 Å². The minimum Gasteiger partial charge on any atom is -0.495 e. The van der Waals surface area contributed by atoms with Crippen LogP contribution in [0.25, 0.3) is 10.8 Å². The summed E-state index contributed by atoms with van der Waals surface area (Å²) in [7, 11) is 3.06. The third-order valence-electron chi connectivity index (χ3n) is 4.54. The second-order valence-electron chi connectivity index (χ2n) is 6.03. The zero-order chi connectivity index (χ0) is 18.4. The molecule has 1 N–H and O–H groups in total. The summed E-state index contributed by atoms with van der Waals surface area (Å²) in [6.07, 6.45) is 0. The van der Waals surface area contributed by atoms with Crippen LogP contribution in [0.5, 0.6) is 5.75 Å². The highest BCUT2D eigenvalue weighted by Crippen LogP contribution is 2.36. The summed E-state index contributed by atoms with van der Waals surface area (Å²) in [5, 5.41) is 5.28. The number of methoxy groups -OCH3 is 1. The molecule has 0 saturated carbocycles. The number of anilines is 2. The monoisotopic (exact) mass is 366 g/mol. The number of rotatable bonds is 3. The summed E-state index contributed by atoms with van der Waals surface area (Å²) < 4.78 is 5.17. The van der Waals surface area contributed by atoms with Gasteiger partial charge in [-0.3, -0.25) is 14.5 Å². The van der Waals surface area contributed by atoms with Crippen molar-refractivity contribution in [3.63, 3.8) is 0 Å². The number of hydrogen-bond donors (Lipinski definition) is 1. The van der Waals surface area contributed by atoms with Crippen LogP contribution in [0.2, 0.25) is 5.02 Å². The summed E-state index contributed by atoms with van der Waals surface area (Å²) >= 11 is 6.19. The van der Waals surface area contributed by atoms with E-state index in [2.05, 4.69) is 5.32 Å². The number of imide groups is 1. The number of carbonyl (C=O) groups excluding carboxylic acids is 2. The Morgan fingerprint density at radius 3 is 2.42 bits per heavy atom. The van der Waals surface area contributed by atoms with Gasteiger partial charge < -0.3 is 10.1 Å². The molecule has 3 aromatic rings. The van der Waals surface area contributed by atoms with Crippen LogP contribution in [0, 0.1) is 0 Å². The second-order valence-corrected chi connectivity index (χ2v) is 6.44. The first-order valence-electron chi connectivity index (χ1n) is 8.00. The van der Waals surface area contributed by atoms with E-state index in [0.717, 1.165) is 21.7 Å². The largest absolute Gasteiger partial charge is 0.495 e. The Labute approximate surface area is 155 Å². The fourth-order valence-electron chi connectivity index (χ4n) is 3.23. The van der Waals surface area contributed by atoms with E-state index in [1.807, 2.05) is 24.3 Å². The Morgan fingerprint density at radius 2 is 1.73 bits per heavy atom. The van der Waals surface area contributed by atoms with E-state index in [-0.39, 0.29) is 11.8 Å². The van der Waals surface area contributed by atoms with E-state index < -0.39 is 0 Å². The second kappa shape index (κ2) is 6.04. The van der Waals surface area contributed by atoms with Crippen molar-refractivity contribution in [3.8, 4) is 5.75 Å². The molecular formula is C20H15ClN2O3. The van der Waals surface area contributed by atoms with Gasteiger partial charge in [-0.05, 0) is 36.4 Å². The van der Waals surface area contributed by atoms with Gasteiger partial charge in [0.15, 0.2) is 0 Å². The fraction of sp³-hybridized carbons (Fsp3) is 0.100. The highest BCUT2D eigenvalue weighted by atomic mass is 35.5. The van der Waals surface area contributed by atoms with Crippen LogP contribution in [-0.4, -0.2) is 30.9 Å². The number of ether oxygens (including phenoxy) is 1. The van der Waals surface area contributed by atoms with E-state index >= 15 is 0 Å². The molecule has 26 heavy (non-hydrogen) atoms. The average molecular weight is 367 g/mol. The molecule has 0 aliphatic carbocycles. The van der Waals surface area contributed by atoms with Crippen molar-refractivity contribution in [1.82, 2.24) is 4.90 Å². The van der Waals surface area contributed by atoms with E-state index in [0.29, 0.717) is 27.3 Å². The molecule has 1 aliphatic rings. The molecule has 0 radical (unpaired) electrons. The summed E-state index contributed by atoms with van der Waals surface area (Å²) in [6, 6.07) is 14.4. The number of amides is 2. The zero-order valence-corrected chi connectivity index (χ0v) is 14.9. The quantitative estimate of drug-likeness (QED) is 0.695. The van der Waals surface area contributed by atoms with Crippen LogP contribution in [0.15, 0.2) is 48.5 Å². The van der Waals surface area contributed by atoms with Gasteiger partial charge in [0.2, 0.25) is 0 Å². The van der Waals surface area contributed by atoms with Gasteiger partial charge in [-0.1, -0.05) is 23.7 Å². The molecular weight excluding hydrogens is 352 g/mol. The minimum absolute atomic E-state index is 0.294. The molecule has 6 heteroatoms. The Balaban J connectivity index is 1.85. The maximum Gasteiger partial charge on any atom is 0.261 e. The number of hydrogen-bond acceptors (Lipinski definition) is 4. The number of nitrogens with one attached hydrogen (secondary N) is 1. The fourth-order valence-corrected chi connectivity index (χ4v) is 3.48. The minimum atomic E-state index is -0.294. The topological polar surface area (TPSA) is 58.6 Å². The lowest BCUT2D eigenvalue weighted by Crippen LogP contribution is -2.36. The Hall–Kier alpha value is -3.05. The van der Waals surface area contributed by atoms with Crippen molar-refractivity contribution in [2.75, 3.05) is 19.5 Å². The first-order valence-corrected chi connectivity index (χ1v) is 8.37. The lowest BCUT2D eigenvalue weighted by atomic mass is 9.93. The van der Waals surface area contributed by atoms with Gasteiger partial charge in [-0.15, -0.1) is 0 Å². The van der Waals surface area contributed by atoms with E-state index in [1.54, 1.807) is 31.4 Å². The van der Waals surface area contributed by atoms with Crippen LogP contribution in [0.3, 0.4) is 0 Å². The lowest BCUT2D eigenvalue weighted by molar-refractivity contribution is 0.0651. The van der Waals surface area contributed by atoms with Gasteiger partial charge in [-0.25, -0.2) is 0 Å². The predicted octanol–water partition coefficient (Wildman–Crippen LogP) is 4.47. The summed E-state index contributed by atoms with van der Waals surface area (Å²) in [6.45, 7) is 0. The smallest absolute Gasteiger partial charge is 0.261 e. The zero-order valence-electron chi connectivity index (χ0n) is 14.2. The van der Waals surface area contributed by atoms with E-state index in [9.17, 15) is 9.59 Å². The summed E-state index contributed by atoms with van der Waals surface area (Å²) in [5.41, 5.74) is 2.62. The average Bonchev–Trinajstić information content (AvgIpc) is 2.65. The summed E-state index contributed by atoms with van der Waals surface area (Å²) in [5.74, 6) is 0.00354. The number of halogens is 1. The highest BCUT2D eigenvalue weighted by molar-refractivity contribution is 6.32. The van der Waals surface area contributed by atoms with Crippen LogP contribution in [0.1, 0.15) is 20.7 Å². The lowest BCUT2D eigenvalue weighted by Gasteiger charge is -2.24. The van der Waals surface area contributed by atoms with E-state index in [1.165, 1.54) is 7.05 Å². The molecule has 0 spiro atoms. The molecule has 0 saturated heterocycles. The van der Waals surface area contributed by atoms with Gasteiger partial charge in [-0.2, -0.15) is 0 Å². The molecule has 1 heterocycles. The molecule has 0 fully saturated rings. The van der Waals surface area contributed by atoms with Gasteiger partial charge in [0.05, 0.1) is 12.1 Å². The van der Waals surface area contributed by atoms with Gasteiger partial charge >= 0.3 is 0 Å². The van der Waals surface area contributed by atoms with Crippen LogP contribution in [-0.2, 0) is 0 Å². The van der Waals surface area contributed by atoms with Gasteiger partial charge in [0.1, 0.15) is 5.75 Å². The Kier molecular flexibility index (Phi) is 3.81. The molecule has 0 aromatic heterocycles. The molecule has 0 atom stereocenters. The van der Waals surface area contributed by atoms with Crippen molar-refractivity contribution in [2.45, 2.75) is 0 Å². The molecule has 3 aromatic carbocycles. The van der Waals surface area contributed by atoms with Crippen molar-refractivity contribution in [1.29, 1.82) is 0 Å². The molecule has 2 amide bonds. The maximum atomic E-state index is 12.5. The summed E-state index contributed by atoms with van der Waals surface area (Å²) in [4.78, 5) is 26.0. The number of benzene rings is 3. The van der Waals surface area contributed by atoms with Crippen LogP contribution < -0.4 is 10.1 Å².